The second-order valence-electron chi connectivity index (χ2n) is 12.7. The number of aromatic nitrogens is 4. The summed E-state index contributed by atoms with van der Waals surface area (Å²) in [4.78, 5) is 40.8. The van der Waals surface area contributed by atoms with Gasteiger partial charge in [0.1, 0.15) is 17.4 Å². The molecule has 0 spiro atoms. The van der Waals surface area contributed by atoms with Crippen molar-refractivity contribution in [3.05, 3.63) is 83.9 Å². The largest absolute Gasteiger partial charge is 0.514 e. The van der Waals surface area contributed by atoms with Gasteiger partial charge < -0.3 is 24.4 Å². The van der Waals surface area contributed by atoms with Gasteiger partial charge in [0, 0.05) is 25.1 Å². The Hall–Kier alpha value is -5.26. The van der Waals surface area contributed by atoms with Crippen molar-refractivity contribution in [3.63, 3.8) is 0 Å². The fraction of sp³-hybridized carbons (Fsp3) is 0.405. The predicted molar refractivity (Wildman–Crippen MR) is 186 cm³/mol. The molecule has 1 heterocycles. The molecule has 0 radical (unpaired) electrons. The van der Waals surface area contributed by atoms with E-state index >= 15 is 0 Å². The number of nitrogens with one attached hydrogen (secondary N) is 2. The summed E-state index contributed by atoms with van der Waals surface area (Å²) < 4.78 is 16.0. The van der Waals surface area contributed by atoms with Gasteiger partial charge in [-0.2, -0.15) is 5.21 Å². The van der Waals surface area contributed by atoms with Crippen molar-refractivity contribution >= 4 is 18.2 Å². The van der Waals surface area contributed by atoms with Gasteiger partial charge in [-0.3, -0.25) is 0 Å². The molecular formula is C37H46N6O6. The Bertz CT molecular complexity index is 1640. The van der Waals surface area contributed by atoms with Gasteiger partial charge in [-0.15, -0.1) is 10.2 Å². The minimum Gasteiger partial charge on any atom is -0.464 e. The van der Waals surface area contributed by atoms with Crippen molar-refractivity contribution in [1.29, 1.82) is 0 Å². The van der Waals surface area contributed by atoms with E-state index in [2.05, 4.69) is 32.9 Å². The lowest BCUT2D eigenvalue weighted by Gasteiger charge is -2.26. The Morgan fingerprint density at radius 2 is 1.55 bits per heavy atom. The van der Waals surface area contributed by atoms with Gasteiger partial charge in [0.25, 0.3) is 0 Å². The number of nitrogens with zero attached hydrogens (tertiary/aromatic N) is 4. The maximum atomic E-state index is 13.8. The summed E-state index contributed by atoms with van der Waals surface area (Å²) in [7, 11) is 0. The predicted octanol–water partition coefficient (Wildman–Crippen LogP) is 7.11. The molecule has 260 valence electrons. The zero-order valence-electron chi connectivity index (χ0n) is 28.9. The molecule has 0 saturated carbocycles. The van der Waals surface area contributed by atoms with E-state index in [0.29, 0.717) is 24.7 Å². The van der Waals surface area contributed by atoms with Crippen molar-refractivity contribution in [2.45, 2.75) is 84.9 Å². The third-order valence-corrected chi connectivity index (χ3v) is 7.50. The summed E-state index contributed by atoms with van der Waals surface area (Å²) in [5, 5.41) is 17.4. The van der Waals surface area contributed by atoms with Crippen LogP contribution in [0.1, 0.15) is 71.4 Å². The lowest BCUT2D eigenvalue weighted by atomic mass is 9.98. The highest BCUT2D eigenvalue weighted by atomic mass is 16.7. The number of amides is 2. The zero-order valence-corrected chi connectivity index (χ0v) is 28.9. The molecular weight excluding hydrogens is 624 g/mol. The van der Waals surface area contributed by atoms with Gasteiger partial charge in [-0.25, -0.2) is 14.4 Å². The van der Waals surface area contributed by atoms with Crippen LogP contribution >= 0.6 is 0 Å². The van der Waals surface area contributed by atoms with Gasteiger partial charge >= 0.3 is 18.2 Å². The molecule has 2 amide bonds. The Balaban J connectivity index is 1.47. The number of ether oxygens (including phenoxy) is 3. The number of rotatable bonds is 15. The number of esters is 1. The molecule has 0 saturated heterocycles. The highest BCUT2D eigenvalue weighted by Crippen LogP contribution is 2.30. The summed E-state index contributed by atoms with van der Waals surface area (Å²) in [6.45, 7) is 10.5. The van der Waals surface area contributed by atoms with Crippen LogP contribution in [0.3, 0.4) is 0 Å². The molecule has 0 bridgehead atoms. The van der Waals surface area contributed by atoms with Gasteiger partial charge in [0.05, 0.1) is 6.61 Å². The molecule has 3 aromatic carbocycles. The standard InChI is InChI=1S/C37H46N6O6/c1-6-8-22-43(25-27-14-18-28(19-15-27)30-12-10-11-13-31(30)33-39-41-42-40-33)35(45)38-32(34(44)47-23-9-7-2)24-26-16-20-29(21-17-26)48-36(46)49-37(3,4)5/h10-21,32H,6-9,22-25H2,1-5H3,(H,38,45)(H,39,40,41,42). The average molecular weight is 671 g/mol. The number of hydrogen-bond acceptors (Lipinski definition) is 9. The molecule has 0 aliphatic rings. The Kier molecular flexibility index (Phi) is 13.3. The third-order valence-electron chi connectivity index (χ3n) is 7.50. The first kappa shape index (κ1) is 36.6. The minimum absolute atomic E-state index is 0.194. The van der Waals surface area contributed by atoms with E-state index in [9.17, 15) is 14.4 Å². The summed E-state index contributed by atoms with van der Waals surface area (Å²) in [5.41, 5.74) is 3.81. The first-order valence-corrected chi connectivity index (χ1v) is 16.7. The molecule has 1 atom stereocenters. The number of H-pyrrole nitrogens is 1. The van der Waals surface area contributed by atoms with E-state index in [4.69, 9.17) is 14.2 Å². The van der Waals surface area contributed by atoms with Gasteiger partial charge in [0.15, 0.2) is 0 Å². The quantitative estimate of drug-likeness (QED) is 0.0766. The molecule has 4 rings (SSSR count). The van der Waals surface area contributed by atoms with Crippen LogP contribution in [0.4, 0.5) is 9.59 Å². The molecule has 1 unspecified atom stereocenters. The summed E-state index contributed by atoms with van der Waals surface area (Å²) in [6.07, 6.45) is 2.68. The van der Waals surface area contributed by atoms with E-state index < -0.39 is 23.8 Å². The molecule has 12 heteroatoms. The molecule has 49 heavy (non-hydrogen) atoms. The normalized spacial score (nSPS) is 11.8. The number of hydrogen-bond donors (Lipinski definition) is 2. The SMILES string of the molecule is CCCCOC(=O)C(Cc1ccc(OC(=O)OC(C)(C)C)cc1)NC(=O)N(CCCC)Cc1ccc(-c2ccccc2-c2nn[nH]n2)cc1. The summed E-state index contributed by atoms with van der Waals surface area (Å²) in [5.74, 6) is 0.310. The fourth-order valence-electron chi connectivity index (χ4n) is 4.96. The molecule has 4 aromatic rings. The van der Waals surface area contributed by atoms with Crippen molar-refractivity contribution < 1.29 is 28.6 Å². The number of aromatic amines is 1. The Morgan fingerprint density at radius 1 is 0.878 bits per heavy atom. The van der Waals surface area contributed by atoms with Crippen LogP contribution in [-0.2, 0) is 27.2 Å². The highest BCUT2D eigenvalue weighted by Gasteiger charge is 2.26. The van der Waals surface area contributed by atoms with Crippen LogP contribution in [0, 0.1) is 0 Å². The molecule has 12 nitrogen and oxygen atoms in total. The van der Waals surface area contributed by atoms with Crippen molar-refractivity contribution in [1.82, 2.24) is 30.8 Å². The van der Waals surface area contributed by atoms with Crippen molar-refractivity contribution in [3.8, 4) is 28.3 Å². The number of urea groups is 1. The maximum absolute atomic E-state index is 13.8. The Labute approximate surface area is 287 Å². The van der Waals surface area contributed by atoms with E-state index in [-0.39, 0.29) is 19.1 Å². The van der Waals surface area contributed by atoms with E-state index in [1.54, 1.807) is 49.9 Å². The number of carbonyl (C=O) groups is 3. The molecule has 0 aliphatic heterocycles. The molecule has 0 fully saturated rings. The van der Waals surface area contributed by atoms with Crippen molar-refractivity contribution in [2.75, 3.05) is 13.2 Å². The molecule has 2 N–H and O–H groups in total. The topological polar surface area (TPSA) is 149 Å². The van der Waals surface area contributed by atoms with Crippen LogP contribution in [0.2, 0.25) is 0 Å². The lowest BCUT2D eigenvalue weighted by molar-refractivity contribution is -0.146. The molecule has 1 aromatic heterocycles. The second kappa shape index (κ2) is 17.8. The number of carbonyl (C=O) groups excluding carboxylic acids is 3. The average Bonchev–Trinajstić information content (AvgIpc) is 3.62. The van der Waals surface area contributed by atoms with E-state index in [1.807, 2.05) is 55.5 Å². The summed E-state index contributed by atoms with van der Waals surface area (Å²) >= 11 is 0. The fourth-order valence-corrected chi connectivity index (χ4v) is 4.96. The monoisotopic (exact) mass is 670 g/mol. The van der Waals surface area contributed by atoms with Gasteiger partial charge in [-0.05, 0) is 73.2 Å². The Morgan fingerprint density at radius 3 is 2.18 bits per heavy atom. The van der Waals surface area contributed by atoms with Crippen LogP contribution in [0.5, 0.6) is 5.75 Å². The van der Waals surface area contributed by atoms with E-state index in [0.717, 1.165) is 53.5 Å². The first-order valence-electron chi connectivity index (χ1n) is 16.7. The number of benzene rings is 3. The van der Waals surface area contributed by atoms with Crippen LogP contribution in [0.25, 0.3) is 22.5 Å². The number of unbranched alkanes of at least 4 members (excludes halogenated alkanes) is 2. The maximum Gasteiger partial charge on any atom is 0.514 e. The van der Waals surface area contributed by atoms with E-state index in [1.165, 1.54) is 0 Å². The number of tetrazole rings is 1. The van der Waals surface area contributed by atoms with Crippen LogP contribution in [0.15, 0.2) is 72.8 Å². The zero-order chi connectivity index (χ0) is 35.2. The smallest absolute Gasteiger partial charge is 0.464 e. The minimum atomic E-state index is -0.921. The molecule has 0 aliphatic carbocycles. The van der Waals surface area contributed by atoms with Gasteiger partial charge in [-0.1, -0.05) is 87.4 Å². The van der Waals surface area contributed by atoms with Crippen LogP contribution in [-0.4, -0.2) is 68.5 Å². The lowest BCUT2D eigenvalue weighted by Crippen LogP contribution is -2.49. The summed E-state index contributed by atoms with van der Waals surface area (Å²) in [6, 6.07) is 21.3. The van der Waals surface area contributed by atoms with Gasteiger partial charge in [0.2, 0.25) is 5.82 Å². The van der Waals surface area contributed by atoms with Crippen LogP contribution < -0.4 is 10.1 Å². The van der Waals surface area contributed by atoms with Crippen molar-refractivity contribution in [2.24, 2.45) is 0 Å². The second-order valence-corrected chi connectivity index (χ2v) is 12.7. The highest BCUT2D eigenvalue weighted by molar-refractivity contribution is 5.84. The first-order chi connectivity index (χ1) is 23.6. The third kappa shape index (κ3) is 11.4.